The van der Waals surface area contributed by atoms with Crippen molar-refractivity contribution in [3.8, 4) is 0 Å². The summed E-state index contributed by atoms with van der Waals surface area (Å²) in [6, 6.07) is 21.5. The Kier molecular flexibility index (Phi) is 14.7. The number of nitrogen functional groups attached to an aromatic ring is 1. The van der Waals surface area contributed by atoms with Gasteiger partial charge >= 0.3 is 0 Å². The van der Waals surface area contributed by atoms with Crippen LogP contribution in [0.5, 0.6) is 0 Å². The summed E-state index contributed by atoms with van der Waals surface area (Å²) in [5.41, 5.74) is 10.4. The molecule has 4 fully saturated rings. The van der Waals surface area contributed by atoms with E-state index in [1.807, 2.05) is 43.7 Å². The van der Waals surface area contributed by atoms with Gasteiger partial charge in [0.25, 0.3) is 0 Å². The highest BCUT2D eigenvalue weighted by Crippen LogP contribution is 2.56. The molecule has 4 saturated carbocycles. The highest BCUT2D eigenvalue weighted by atomic mass is 127. The van der Waals surface area contributed by atoms with Gasteiger partial charge in [-0.25, -0.2) is 13.8 Å². The standard InChI is InChI=1S/C26H26FIN2O.C20H21ClFNO.C5H5IN2/c1-15(26(31)13-22-4-3-21(28)14-30-22)16-8-17-10-19(11-18(17)9-16)23-6-7-29-25-5-2-20(27)12-24(23)25;1-11(20(21)24)12-6-13-8-15(9-14(13)7-12)17-4-5-23-19-3-2-16(22)10-18(17)19;6-4-1-2-5(7)8-3-4/h2-7,12,14-19H,8-11,13H2,1H3;2-5,10-15H,6-9H2,1H3;1-3H,(H2,7,8)/t15?,16?,17-,18+,19?;11?,12?,13-,14+,15?;. The molecule has 4 aromatic heterocycles. The van der Waals surface area contributed by atoms with E-state index in [2.05, 4.69) is 84.2 Å². The number of hydrogen-bond donors (Lipinski definition) is 1. The third-order valence-corrected chi connectivity index (χ3v) is 16.3. The van der Waals surface area contributed by atoms with Crippen molar-refractivity contribution in [2.75, 3.05) is 5.73 Å². The topological polar surface area (TPSA) is 112 Å². The Morgan fingerprint density at radius 1 is 0.635 bits per heavy atom. The van der Waals surface area contributed by atoms with Crippen LogP contribution in [0.3, 0.4) is 0 Å². The molecule has 0 radical (unpaired) electrons. The van der Waals surface area contributed by atoms with Crippen LogP contribution in [0.25, 0.3) is 21.8 Å². The first-order chi connectivity index (χ1) is 30.3. The van der Waals surface area contributed by atoms with Crippen LogP contribution in [0.4, 0.5) is 14.6 Å². The van der Waals surface area contributed by atoms with E-state index < -0.39 is 0 Å². The lowest BCUT2D eigenvalue weighted by molar-refractivity contribution is -0.123. The number of pyridine rings is 4. The van der Waals surface area contributed by atoms with Gasteiger partial charge in [0.2, 0.25) is 5.24 Å². The molecule has 12 heteroatoms. The summed E-state index contributed by atoms with van der Waals surface area (Å²) < 4.78 is 29.7. The highest BCUT2D eigenvalue weighted by molar-refractivity contribution is 14.1. The Balaban J connectivity index is 0.000000150. The molecule has 0 spiro atoms. The third kappa shape index (κ3) is 10.9. The molecule has 7 nitrogen and oxygen atoms in total. The van der Waals surface area contributed by atoms with Crippen molar-refractivity contribution < 1.29 is 18.4 Å². The zero-order valence-electron chi connectivity index (χ0n) is 35.4. The van der Waals surface area contributed by atoms with E-state index in [0.29, 0.717) is 65.4 Å². The molecule has 0 amide bonds. The van der Waals surface area contributed by atoms with Gasteiger partial charge in [-0.1, -0.05) is 13.8 Å². The van der Waals surface area contributed by atoms with Crippen LogP contribution in [0, 0.1) is 66.1 Å². The first kappa shape index (κ1) is 45.9. The number of fused-ring (bicyclic) bond motifs is 4. The molecule has 328 valence electrons. The highest BCUT2D eigenvalue weighted by Gasteiger charge is 2.46. The van der Waals surface area contributed by atoms with Gasteiger partial charge in [-0.3, -0.25) is 24.5 Å². The van der Waals surface area contributed by atoms with Crippen LogP contribution in [0.1, 0.15) is 93.9 Å². The smallest absolute Gasteiger partial charge is 0.224 e. The minimum atomic E-state index is -0.204. The quantitative estimate of drug-likeness (QED) is 0.119. The largest absolute Gasteiger partial charge is 0.384 e. The fourth-order valence-corrected chi connectivity index (χ4v) is 12.1. The molecule has 63 heavy (non-hydrogen) atoms. The van der Waals surface area contributed by atoms with E-state index in [1.165, 1.54) is 23.3 Å². The SMILES string of the molecule is CC(C(=O)Cc1ccc(I)cn1)C1C[C@H]2CC(c3ccnc4ccc(F)cc34)C[C@H]2C1.CC(C(=O)Cl)C1C[C@H]2CC(c3ccnc4ccc(F)cc34)C[C@H]2C1.Nc1ccc(I)cn1. The van der Waals surface area contributed by atoms with E-state index >= 15 is 0 Å². The lowest BCUT2D eigenvalue weighted by Crippen LogP contribution is -2.22. The average Bonchev–Trinajstić information content (AvgIpc) is 4.06. The molecule has 10 atom stereocenters. The lowest BCUT2D eigenvalue weighted by atomic mass is 9.83. The van der Waals surface area contributed by atoms with Crippen LogP contribution in [-0.4, -0.2) is 31.0 Å². The van der Waals surface area contributed by atoms with Gasteiger partial charge in [-0.2, -0.15) is 0 Å². The maximum atomic E-state index is 13.9. The van der Waals surface area contributed by atoms with E-state index in [0.717, 1.165) is 86.0 Å². The van der Waals surface area contributed by atoms with Gasteiger partial charge < -0.3 is 5.73 Å². The normalized spacial score (nSPS) is 25.6. The van der Waals surface area contributed by atoms with E-state index in [-0.39, 0.29) is 28.7 Å². The average molecular weight is 1090 g/mol. The summed E-state index contributed by atoms with van der Waals surface area (Å²) in [6.45, 7) is 4.06. The van der Waals surface area contributed by atoms with Crippen LogP contribution >= 0.6 is 56.8 Å². The predicted molar refractivity (Wildman–Crippen MR) is 263 cm³/mol. The number of rotatable bonds is 8. The van der Waals surface area contributed by atoms with Crippen molar-refractivity contribution >= 4 is 95.4 Å². The summed E-state index contributed by atoms with van der Waals surface area (Å²) in [5, 5.41) is 1.70. The minimum absolute atomic E-state index is 0.0356. The number of carbonyl (C=O) groups is 2. The molecule has 0 bridgehead atoms. The summed E-state index contributed by atoms with van der Waals surface area (Å²) in [7, 11) is 0. The number of nitrogens with zero attached hydrogens (tertiary/aromatic N) is 4. The van der Waals surface area contributed by atoms with Crippen molar-refractivity contribution in [1.82, 2.24) is 19.9 Å². The van der Waals surface area contributed by atoms with Crippen molar-refractivity contribution in [2.45, 2.75) is 83.5 Å². The van der Waals surface area contributed by atoms with Crippen molar-refractivity contribution in [1.29, 1.82) is 0 Å². The first-order valence-electron chi connectivity index (χ1n) is 22.1. The van der Waals surface area contributed by atoms with Crippen LogP contribution in [0.2, 0.25) is 0 Å². The number of ketones is 1. The van der Waals surface area contributed by atoms with Gasteiger partial charge in [0, 0.05) is 66.7 Å². The number of anilines is 1. The van der Waals surface area contributed by atoms with Gasteiger partial charge in [0.1, 0.15) is 23.2 Å². The number of hydrogen-bond acceptors (Lipinski definition) is 7. The van der Waals surface area contributed by atoms with Crippen molar-refractivity contribution in [2.24, 2.45) is 47.3 Å². The number of Topliss-reactive ketones (excluding diaryl/α,β-unsaturated/α-hetero) is 1. The summed E-state index contributed by atoms with van der Waals surface area (Å²) >= 11 is 10.1. The minimum Gasteiger partial charge on any atom is -0.384 e. The first-order valence-corrected chi connectivity index (χ1v) is 24.6. The predicted octanol–water partition coefficient (Wildman–Crippen LogP) is 12.9. The Labute approximate surface area is 400 Å². The summed E-state index contributed by atoms with van der Waals surface area (Å²) in [5.74, 6) is 5.02. The molecular formula is C51H52ClF2I2N5O2. The zero-order chi connectivity index (χ0) is 44.4. The second-order valence-corrected chi connectivity index (χ2v) is 21.2. The van der Waals surface area contributed by atoms with Crippen LogP contribution in [-0.2, 0) is 16.0 Å². The maximum absolute atomic E-state index is 13.9. The molecule has 0 aliphatic heterocycles. The van der Waals surface area contributed by atoms with E-state index in [1.54, 1.807) is 36.5 Å². The van der Waals surface area contributed by atoms with Crippen molar-refractivity contribution in [3.63, 3.8) is 0 Å². The molecule has 6 aromatic rings. The Hall–Kier alpha value is -3.69. The molecule has 0 saturated heterocycles. The van der Waals surface area contributed by atoms with E-state index in [4.69, 9.17) is 17.3 Å². The molecule has 4 heterocycles. The van der Waals surface area contributed by atoms with Gasteiger partial charge in [-0.05, 0) is 239 Å². The Morgan fingerprint density at radius 2 is 1.10 bits per heavy atom. The fraction of sp³-hybridized carbons (Fsp3) is 0.412. The van der Waals surface area contributed by atoms with Gasteiger partial charge in [0.05, 0.1) is 11.0 Å². The van der Waals surface area contributed by atoms with Gasteiger partial charge in [-0.15, -0.1) is 0 Å². The number of halogens is 5. The molecule has 2 N–H and O–H groups in total. The second kappa shape index (κ2) is 20.2. The summed E-state index contributed by atoms with van der Waals surface area (Å²) in [4.78, 5) is 41.3. The van der Waals surface area contributed by atoms with Crippen LogP contribution in [0.15, 0.2) is 97.6 Å². The molecule has 10 rings (SSSR count). The third-order valence-electron chi connectivity index (χ3n) is 14.6. The Bertz CT molecular complexity index is 2530. The van der Waals surface area contributed by atoms with E-state index in [9.17, 15) is 18.4 Å². The maximum Gasteiger partial charge on any atom is 0.224 e. The molecule has 6 unspecified atom stereocenters. The number of benzene rings is 2. The number of aromatic nitrogens is 4. The Morgan fingerprint density at radius 3 is 1.51 bits per heavy atom. The molecule has 4 aliphatic rings. The monoisotopic (exact) mass is 1090 g/mol. The summed E-state index contributed by atoms with van der Waals surface area (Å²) in [6.07, 6.45) is 16.6. The van der Waals surface area contributed by atoms with Crippen LogP contribution < -0.4 is 5.73 Å². The van der Waals surface area contributed by atoms with Gasteiger partial charge in [0.15, 0.2) is 0 Å². The lowest BCUT2D eigenvalue weighted by Gasteiger charge is -2.21. The fourth-order valence-electron chi connectivity index (χ4n) is 11.3. The van der Waals surface area contributed by atoms with Crippen molar-refractivity contribution in [3.05, 3.63) is 133 Å². The molecular weight excluding hydrogens is 1040 g/mol. The molecule has 4 aliphatic carbocycles. The second-order valence-electron chi connectivity index (χ2n) is 18.4. The zero-order valence-corrected chi connectivity index (χ0v) is 40.5. The number of carbonyl (C=O) groups excluding carboxylic acids is 2. The molecule has 2 aromatic carbocycles. The number of nitrogens with two attached hydrogens (primary N) is 1.